The first-order chi connectivity index (χ1) is 6.38. The van der Waals surface area contributed by atoms with E-state index in [1.165, 1.54) is 5.57 Å². The van der Waals surface area contributed by atoms with Gasteiger partial charge >= 0.3 is 0 Å². The van der Waals surface area contributed by atoms with Gasteiger partial charge in [0, 0.05) is 24.4 Å². The molecular formula is C11H17NO. The fourth-order valence-electron chi connectivity index (χ4n) is 1.23. The van der Waals surface area contributed by atoms with Crippen molar-refractivity contribution in [3.63, 3.8) is 0 Å². The fourth-order valence-corrected chi connectivity index (χ4v) is 1.23. The van der Waals surface area contributed by atoms with E-state index in [-0.39, 0.29) is 0 Å². The van der Waals surface area contributed by atoms with Crippen LogP contribution < -0.4 is 0 Å². The van der Waals surface area contributed by atoms with Crippen molar-refractivity contribution in [2.45, 2.75) is 33.1 Å². The van der Waals surface area contributed by atoms with Crippen LogP contribution in [0.15, 0.2) is 28.6 Å². The molecule has 1 aliphatic rings. The molecule has 13 heavy (non-hydrogen) atoms. The maximum absolute atomic E-state index is 5.39. The summed E-state index contributed by atoms with van der Waals surface area (Å²) in [5.41, 5.74) is 1.22. The van der Waals surface area contributed by atoms with Gasteiger partial charge in [-0.15, -0.1) is 0 Å². The monoisotopic (exact) mass is 179 g/mol. The highest BCUT2D eigenvalue weighted by Crippen LogP contribution is 2.23. The van der Waals surface area contributed by atoms with Gasteiger partial charge in [-0.3, -0.25) is 4.99 Å². The van der Waals surface area contributed by atoms with Gasteiger partial charge in [0.25, 0.3) is 0 Å². The van der Waals surface area contributed by atoms with Crippen LogP contribution in [0.4, 0.5) is 0 Å². The van der Waals surface area contributed by atoms with Crippen molar-refractivity contribution >= 4 is 6.21 Å². The van der Waals surface area contributed by atoms with Crippen LogP contribution in [-0.2, 0) is 4.74 Å². The molecule has 72 valence electrons. The first-order valence-electron chi connectivity index (χ1n) is 4.88. The molecule has 0 amide bonds. The van der Waals surface area contributed by atoms with E-state index in [9.17, 15) is 0 Å². The molecule has 1 rings (SSSR count). The Kier molecular flexibility index (Phi) is 4.30. The van der Waals surface area contributed by atoms with Gasteiger partial charge in [0.05, 0.1) is 6.61 Å². The summed E-state index contributed by atoms with van der Waals surface area (Å²) in [6.45, 7) is 4.94. The highest BCUT2D eigenvalue weighted by Gasteiger charge is 2.12. The quantitative estimate of drug-likeness (QED) is 0.610. The number of hydrogen-bond donors (Lipinski definition) is 0. The van der Waals surface area contributed by atoms with E-state index < -0.39 is 0 Å². The minimum atomic E-state index is 0.800. The summed E-state index contributed by atoms with van der Waals surface area (Å²) in [5, 5.41) is 0. The van der Waals surface area contributed by atoms with Crippen molar-refractivity contribution in [2.24, 2.45) is 4.99 Å². The number of hydrogen-bond acceptors (Lipinski definition) is 2. The van der Waals surface area contributed by atoms with Crippen LogP contribution in [0, 0.1) is 0 Å². The Morgan fingerprint density at radius 2 is 2.38 bits per heavy atom. The van der Waals surface area contributed by atoms with E-state index in [1.54, 1.807) is 0 Å². The summed E-state index contributed by atoms with van der Waals surface area (Å²) in [4.78, 5) is 4.23. The van der Waals surface area contributed by atoms with E-state index in [0.717, 1.165) is 31.6 Å². The molecule has 1 heterocycles. The zero-order valence-corrected chi connectivity index (χ0v) is 8.42. The number of nitrogens with zero attached hydrogens (tertiary/aromatic N) is 1. The number of aliphatic imine (C=N–C) groups is 1. The van der Waals surface area contributed by atoms with Gasteiger partial charge in [0.1, 0.15) is 5.76 Å². The van der Waals surface area contributed by atoms with Crippen LogP contribution >= 0.6 is 0 Å². The minimum absolute atomic E-state index is 0.800. The second-order valence-corrected chi connectivity index (χ2v) is 3.03. The Labute approximate surface area is 80.0 Å². The number of rotatable bonds is 3. The first-order valence-corrected chi connectivity index (χ1v) is 4.88. The van der Waals surface area contributed by atoms with Crippen molar-refractivity contribution in [1.29, 1.82) is 0 Å². The summed E-state index contributed by atoms with van der Waals surface area (Å²) in [6, 6.07) is 0. The molecule has 0 radical (unpaired) electrons. The standard InChI is InChI=1S/C11H17NO/c1-3-5-7-12-9-10-6-8-13-11(10)4-2/h4,7,9H,3,5-6,8H2,1-2H3/b10-9-,11-4+,12-7-. The molecule has 0 aromatic carbocycles. The Bertz CT molecular complexity index is 238. The van der Waals surface area contributed by atoms with Crippen molar-refractivity contribution in [1.82, 2.24) is 0 Å². The Morgan fingerprint density at radius 1 is 1.54 bits per heavy atom. The van der Waals surface area contributed by atoms with Crippen LogP contribution in [0.5, 0.6) is 0 Å². The molecule has 0 unspecified atom stereocenters. The fraction of sp³-hybridized carbons (Fsp3) is 0.545. The van der Waals surface area contributed by atoms with Crippen molar-refractivity contribution in [3.8, 4) is 0 Å². The summed E-state index contributed by atoms with van der Waals surface area (Å²) in [5.74, 6) is 0.994. The second-order valence-electron chi connectivity index (χ2n) is 3.03. The molecular weight excluding hydrogens is 162 g/mol. The Morgan fingerprint density at radius 3 is 3.08 bits per heavy atom. The zero-order chi connectivity index (χ0) is 9.52. The summed E-state index contributed by atoms with van der Waals surface area (Å²) in [7, 11) is 0. The maximum atomic E-state index is 5.39. The van der Waals surface area contributed by atoms with E-state index in [0.29, 0.717) is 0 Å². The van der Waals surface area contributed by atoms with Gasteiger partial charge < -0.3 is 4.74 Å². The molecule has 0 atom stereocenters. The molecule has 0 bridgehead atoms. The smallest absolute Gasteiger partial charge is 0.119 e. The average Bonchev–Trinajstić information content (AvgIpc) is 2.60. The summed E-state index contributed by atoms with van der Waals surface area (Å²) in [6.07, 6.45) is 9.06. The highest BCUT2D eigenvalue weighted by atomic mass is 16.5. The van der Waals surface area contributed by atoms with Gasteiger partial charge in [-0.25, -0.2) is 0 Å². The molecule has 0 aliphatic carbocycles. The lowest BCUT2D eigenvalue weighted by Crippen LogP contribution is -1.79. The molecule has 0 N–H and O–H groups in total. The average molecular weight is 179 g/mol. The van der Waals surface area contributed by atoms with Gasteiger partial charge in [-0.1, -0.05) is 13.3 Å². The topological polar surface area (TPSA) is 21.6 Å². The lowest BCUT2D eigenvalue weighted by Gasteiger charge is -1.95. The third kappa shape index (κ3) is 3.05. The van der Waals surface area contributed by atoms with E-state index in [1.807, 2.05) is 25.4 Å². The lowest BCUT2D eigenvalue weighted by atomic mass is 10.2. The minimum Gasteiger partial charge on any atom is -0.493 e. The predicted octanol–water partition coefficient (Wildman–Crippen LogP) is 3.07. The molecule has 1 aliphatic heterocycles. The molecule has 2 heteroatoms. The molecule has 0 spiro atoms. The van der Waals surface area contributed by atoms with Crippen molar-refractivity contribution in [2.75, 3.05) is 6.61 Å². The van der Waals surface area contributed by atoms with E-state index in [2.05, 4.69) is 11.9 Å². The number of unbranched alkanes of at least 4 members (excludes halogenated alkanes) is 1. The number of ether oxygens (including phenoxy) is 1. The third-order valence-corrected chi connectivity index (χ3v) is 1.96. The molecule has 2 nitrogen and oxygen atoms in total. The highest BCUT2D eigenvalue weighted by molar-refractivity contribution is 5.58. The van der Waals surface area contributed by atoms with Gasteiger partial charge in [-0.2, -0.15) is 0 Å². The normalized spacial score (nSPS) is 23.2. The van der Waals surface area contributed by atoms with Crippen LogP contribution in [0.1, 0.15) is 33.1 Å². The van der Waals surface area contributed by atoms with E-state index >= 15 is 0 Å². The summed E-state index contributed by atoms with van der Waals surface area (Å²) >= 11 is 0. The van der Waals surface area contributed by atoms with Gasteiger partial charge in [0.15, 0.2) is 0 Å². The number of allylic oxidation sites excluding steroid dienone is 2. The molecule has 0 saturated carbocycles. The lowest BCUT2D eigenvalue weighted by molar-refractivity contribution is 0.265. The molecule has 1 fully saturated rings. The first kappa shape index (κ1) is 10.0. The van der Waals surface area contributed by atoms with Crippen LogP contribution in [0.3, 0.4) is 0 Å². The van der Waals surface area contributed by atoms with Crippen LogP contribution in [0.25, 0.3) is 0 Å². The molecule has 1 saturated heterocycles. The maximum Gasteiger partial charge on any atom is 0.119 e. The third-order valence-electron chi connectivity index (χ3n) is 1.96. The van der Waals surface area contributed by atoms with E-state index in [4.69, 9.17) is 4.74 Å². The Balaban J connectivity index is 2.50. The zero-order valence-electron chi connectivity index (χ0n) is 8.42. The molecule has 0 aromatic heterocycles. The Hall–Kier alpha value is -1.05. The van der Waals surface area contributed by atoms with Crippen LogP contribution in [-0.4, -0.2) is 12.8 Å². The SMILES string of the molecule is C/C=C1/OCC/C1=C/N=C\CCC. The predicted molar refractivity (Wildman–Crippen MR) is 55.8 cm³/mol. The van der Waals surface area contributed by atoms with Crippen molar-refractivity contribution in [3.05, 3.63) is 23.6 Å². The summed E-state index contributed by atoms with van der Waals surface area (Å²) < 4.78 is 5.39. The van der Waals surface area contributed by atoms with Crippen LogP contribution in [0.2, 0.25) is 0 Å². The second kappa shape index (κ2) is 5.57. The largest absolute Gasteiger partial charge is 0.493 e. The van der Waals surface area contributed by atoms with Crippen molar-refractivity contribution < 1.29 is 4.74 Å². The van der Waals surface area contributed by atoms with Gasteiger partial charge in [0.2, 0.25) is 0 Å². The van der Waals surface area contributed by atoms with Gasteiger partial charge in [-0.05, 0) is 19.4 Å². The molecule has 0 aromatic rings.